The first-order valence-electron chi connectivity index (χ1n) is 5.36. The van der Waals surface area contributed by atoms with Gasteiger partial charge in [-0.15, -0.1) is 0 Å². The topological polar surface area (TPSA) is 42.2 Å². The lowest BCUT2D eigenvalue weighted by Gasteiger charge is -2.04. The first-order chi connectivity index (χ1) is 8.69. The summed E-state index contributed by atoms with van der Waals surface area (Å²) in [6.45, 7) is 0.486. The molecule has 18 heavy (non-hydrogen) atoms. The van der Waals surface area contributed by atoms with E-state index in [2.05, 4.69) is 37.2 Å². The quantitative estimate of drug-likeness (QED) is 0.828. The van der Waals surface area contributed by atoms with Crippen LogP contribution in [-0.4, -0.2) is 5.91 Å². The third kappa shape index (κ3) is 3.46. The lowest BCUT2D eigenvalue weighted by molar-refractivity contribution is 0.0922. The normalized spacial score (nSPS) is 10.3. The number of halogens is 2. The predicted octanol–water partition coefficient (Wildman–Crippen LogP) is 3.87. The van der Waals surface area contributed by atoms with Crippen LogP contribution in [0.25, 0.3) is 0 Å². The van der Waals surface area contributed by atoms with E-state index in [4.69, 9.17) is 4.42 Å². The van der Waals surface area contributed by atoms with E-state index in [0.29, 0.717) is 17.0 Å². The third-order valence-electron chi connectivity index (χ3n) is 2.43. The van der Waals surface area contributed by atoms with Crippen molar-refractivity contribution in [2.75, 3.05) is 0 Å². The van der Waals surface area contributed by atoms with Gasteiger partial charge >= 0.3 is 0 Å². The summed E-state index contributed by atoms with van der Waals surface area (Å²) in [6.07, 6.45) is 0. The van der Waals surface area contributed by atoms with Gasteiger partial charge in [0.05, 0.1) is 0 Å². The van der Waals surface area contributed by atoms with Gasteiger partial charge in [-0.05, 0) is 39.2 Å². The Morgan fingerprint density at radius 1 is 1.11 bits per heavy atom. The number of nitrogens with one attached hydrogen (secondary N) is 1. The van der Waals surface area contributed by atoms with Gasteiger partial charge in [0.25, 0.3) is 5.91 Å². The zero-order chi connectivity index (χ0) is 13.0. The minimum atomic E-state index is -0.217. The second-order valence-corrected chi connectivity index (χ2v) is 5.08. The van der Waals surface area contributed by atoms with Gasteiger partial charge < -0.3 is 9.73 Å². The smallest absolute Gasteiger partial charge is 0.287 e. The maximum absolute atomic E-state index is 11.7. The SMILES string of the molecule is O=C(NCc1ccc(CBr)cc1)c1ccc(Br)o1. The van der Waals surface area contributed by atoms with Gasteiger partial charge in [0, 0.05) is 11.9 Å². The maximum atomic E-state index is 11.7. The monoisotopic (exact) mass is 371 g/mol. The molecule has 94 valence electrons. The van der Waals surface area contributed by atoms with Gasteiger partial charge in [-0.2, -0.15) is 0 Å². The molecule has 1 amide bonds. The Morgan fingerprint density at radius 3 is 2.33 bits per heavy atom. The fraction of sp³-hybridized carbons (Fsp3) is 0.154. The van der Waals surface area contributed by atoms with Crippen LogP contribution >= 0.6 is 31.9 Å². The number of carbonyl (C=O) groups is 1. The molecular weight excluding hydrogens is 362 g/mol. The molecule has 0 fully saturated rings. The van der Waals surface area contributed by atoms with Gasteiger partial charge in [-0.25, -0.2) is 0 Å². The van der Waals surface area contributed by atoms with E-state index < -0.39 is 0 Å². The van der Waals surface area contributed by atoms with E-state index in [0.717, 1.165) is 10.9 Å². The molecule has 1 aromatic heterocycles. The van der Waals surface area contributed by atoms with E-state index in [1.54, 1.807) is 12.1 Å². The molecule has 0 bridgehead atoms. The van der Waals surface area contributed by atoms with Crippen LogP contribution in [0.5, 0.6) is 0 Å². The van der Waals surface area contributed by atoms with E-state index >= 15 is 0 Å². The second-order valence-electron chi connectivity index (χ2n) is 3.74. The highest BCUT2D eigenvalue weighted by Gasteiger charge is 2.09. The summed E-state index contributed by atoms with van der Waals surface area (Å²) in [6, 6.07) is 11.4. The summed E-state index contributed by atoms with van der Waals surface area (Å²) >= 11 is 6.55. The fourth-order valence-corrected chi connectivity index (χ4v) is 2.13. The van der Waals surface area contributed by atoms with Crippen molar-refractivity contribution >= 4 is 37.8 Å². The van der Waals surface area contributed by atoms with Crippen LogP contribution < -0.4 is 5.32 Å². The summed E-state index contributed by atoms with van der Waals surface area (Å²) < 4.78 is 5.72. The van der Waals surface area contributed by atoms with Crippen molar-refractivity contribution in [1.29, 1.82) is 0 Å². The van der Waals surface area contributed by atoms with Crippen LogP contribution in [0.3, 0.4) is 0 Å². The average molecular weight is 373 g/mol. The Kier molecular flexibility index (Phi) is 4.60. The van der Waals surface area contributed by atoms with Crippen molar-refractivity contribution < 1.29 is 9.21 Å². The zero-order valence-electron chi connectivity index (χ0n) is 9.45. The number of benzene rings is 1. The number of carbonyl (C=O) groups excluding carboxylic acids is 1. The standard InChI is InChI=1S/C13H11Br2NO2/c14-7-9-1-3-10(4-2-9)8-16-13(17)11-5-6-12(15)18-11/h1-6H,7-8H2,(H,16,17). The minimum absolute atomic E-state index is 0.217. The van der Waals surface area contributed by atoms with Crippen molar-refractivity contribution in [2.45, 2.75) is 11.9 Å². The van der Waals surface area contributed by atoms with Crippen molar-refractivity contribution in [2.24, 2.45) is 0 Å². The predicted molar refractivity (Wildman–Crippen MR) is 76.7 cm³/mol. The number of hydrogen-bond acceptors (Lipinski definition) is 2. The van der Waals surface area contributed by atoms with Crippen LogP contribution in [0, 0.1) is 0 Å². The van der Waals surface area contributed by atoms with Gasteiger partial charge in [0.1, 0.15) is 0 Å². The van der Waals surface area contributed by atoms with Crippen LogP contribution in [0.4, 0.5) is 0 Å². The number of rotatable bonds is 4. The highest BCUT2D eigenvalue weighted by Crippen LogP contribution is 2.14. The largest absolute Gasteiger partial charge is 0.444 e. The van der Waals surface area contributed by atoms with Crippen molar-refractivity contribution in [3.8, 4) is 0 Å². The first kappa shape index (κ1) is 13.4. The Balaban J connectivity index is 1.92. The zero-order valence-corrected chi connectivity index (χ0v) is 12.6. The molecule has 0 spiro atoms. The van der Waals surface area contributed by atoms with E-state index in [-0.39, 0.29) is 5.91 Å². The number of furan rings is 1. The summed E-state index contributed by atoms with van der Waals surface area (Å²) in [5.74, 6) is 0.0872. The average Bonchev–Trinajstić information content (AvgIpc) is 2.83. The van der Waals surface area contributed by atoms with Gasteiger partial charge in [0.15, 0.2) is 10.4 Å². The van der Waals surface area contributed by atoms with Crippen LogP contribution in [0.1, 0.15) is 21.7 Å². The van der Waals surface area contributed by atoms with E-state index in [9.17, 15) is 4.79 Å². The molecular formula is C13H11Br2NO2. The fourth-order valence-electron chi connectivity index (χ4n) is 1.45. The lowest BCUT2D eigenvalue weighted by atomic mass is 10.1. The lowest BCUT2D eigenvalue weighted by Crippen LogP contribution is -2.22. The van der Waals surface area contributed by atoms with Crippen LogP contribution in [0.15, 0.2) is 45.5 Å². The second kappa shape index (κ2) is 6.20. The van der Waals surface area contributed by atoms with E-state index in [1.165, 1.54) is 5.56 Å². The van der Waals surface area contributed by atoms with Gasteiger partial charge in [0.2, 0.25) is 0 Å². The highest BCUT2D eigenvalue weighted by atomic mass is 79.9. The number of amides is 1. The Morgan fingerprint density at radius 2 is 1.78 bits per heavy atom. The molecule has 0 radical (unpaired) electrons. The molecule has 0 aliphatic rings. The number of hydrogen-bond donors (Lipinski definition) is 1. The molecule has 0 unspecified atom stereocenters. The van der Waals surface area contributed by atoms with Gasteiger partial charge in [-0.1, -0.05) is 40.2 Å². The Bertz CT molecular complexity index is 534. The first-order valence-corrected chi connectivity index (χ1v) is 7.28. The number of alkyl halides is 1. The van der Waals surface area contributed by atoms with Crippen molar-refractivity contribution in [3.63, 3.8) is 0 Å². The molecule has 0 saturated heterocycles. The molecule has 0 saturated carbocycles. The molecule has 0 aliphatic heterocycles. The summed E-state index contributed by atoms with van der Waals surface area (Å²) in [7, 11) is 0. The molecule has 1 heterocycles. The molecule has 1 aromatic carbocycles. The van der Waals surface area contributed by atoms with Crippen LogP contribution in [0.2, 0.25) is 0 Å². The Labute approximate surface area is 122 Å². The summed E-state index contributed by atoms with van der Waals surface area (Å²) in [5, 5.41) is 3.63. The van der Waals surface area contributed by atoms with Gasteiger partial charge in [-0.3, -0.25) is 4.79 Å². The molecule has 1 N–H and O–H groups in total. The molecule has 2 aromatic rings. The minimum Gasteiger partial charge on any atom is -0.444 e. The molecule has 0 atom stereocenters. The highest BCUT2D eigenvalue weighted by molar-refractivity contribution is 9.10. The third-order valence-corrected chi connectivity index (χ3v) is 3.50. The Hall–Kier alpha value is -1.07. The molecule has 0 aliphatic carbocycles. The maximum Gasteiger partial charge on any atom is 0.287 e. The van der Waals surface area contributed by atoms with Crippen LogP contribution in [-0.2, 0) is 11.9 Å². The molecule has 3 nitrogen and oxygen atoms in total. The molecule has 5 heteroatoms. The van der Waals surface area contributed by atoms with E-state index in [1.807, 2.05) is 24.3 Å². The summed E-state index contributed by atoms with van der Waals surface area (Å²) in [5.41, 5.74) is 2.26. The molecule has 2 rings (SSSR count). The van der Waals surface area contributed by atoms with Crippen molar-refractivity contribution in [1.82, 2.24) is 5.32 Å². The van der Waals surface area contributed by atoms with Crippen molar-refractivity contribution in [3.05, 3.63) is 58.0 Å². The summed E-state index contributed by atoms with van der Waals surface area (Å²) in [4.78, 5) is 11.7.